The lowest BCUT2D eigenvalue weighted by molar-refractivity contribution is -0.141. The molecule has 0 aromatic carbocycles. The zero-order chi connectivity index (χ0) is 10.1. The van der Waals surface area contributed by atoms with Crippen LogP contribution in [0.1, 0.15) is 46.0 Å². The van der Waals surface area contributed by atoms with Crippen LogP contribution in [0, 0.1) is 5.92 Å². The van der Waals surface area contributed by atoms with E-state index in [-0.39, 0.29) is 5.92 Å². The van der Waals surface area contributed by atoms with Crippen LogP contribution in [0.4, 0.5) is 0 Å². The SMILES string of the molecule is CCCC/C=C\CCC(C)C(=O)O. The molecule has 0 saturated carbocycles. The van der Waals surface area contributed by atoms with Crippen molar-refractivity contribution < 1.29 is 9.90 Å². The van der Waals surface area contributed by atoms with E-state index < -0.39 is 5.97 Å². The fourth-order valence-corrected chi connectivity index (χ4v) is 1.03. The molecule has 76 valence electrons. The van der Waals surface area contributed by atoms with Gasteiger partial charge in [-0.25, -0.2) is 0 Å². The lowest BCUT2D eigenvalue weighted by Gasteiger charge is -2.01. The molecule has 0 aromatic rings. The van der Waals surface area contributed by atoms with Crippen LogP contribution in [0.2, 0.25) is 0 Å². The third-order valence-corrected chi connectivity index (χ3v) is 2.08. The second-order valence-electron chi connectivity index (χ2n) is 3.43. The van der Waals surface area contributed by atoms with Crippen molar-refractivity contribution in [2.75, 3.05) is 0 Å². The molecule has 0 fully saturated rings. The maximum atomic E-state index is 10.4. The summed E-state index contributed by atoms with van der Waals surface area (Å²) in [6, 6.07) is 0. The highest BCUT2D eigenvalue weighted by Gasteiger charge is 2.08. The summed E-state index contributed by atoms with van der Waals surface area (Å²) >= 11 is 0. The lowest BCUT2D eigenvalue weighted by atomic mass is 10.1. The summed E-state index contributed by atoms with van der Waals surface area (Å²) in [5.74, 6) is -0.905. The third-order valence-electron chi connectivity index (χ3n) is 2.08. The van der Waals surface area contributed by atoms with Gasteiger partial charge in [0.05, 0.1) is 5.92 Å². The van der Waals surface area contributed by atoms with Crippen molar-refractivity contribution in [2.45, 2.75) is 46.0 Å². The molecule has 0 aliphatic rings. The average Bonchev–Trinajstić information content (AvgIpc) is 2.10. The van der Waals surface area contributed by atoms with E-state index >= 15 is 0 Å². The molecular formula is C11H20O2. The fraction of sp³-hybridized carbons (Fsp3) is 0.727. The van der Waals surface area contributed by atoms with E-state index in [2.05, 4.69) is 19.1 Å². The Balaban J connectivity index is 3.33. The fourth-order valence-electron chi connectivity index (χ4n) is 1.03. The molecule has 0 rings (SSSR count). The van der Waals surface area contributed by atoms with E-state index in [9.17, 15) is 4.79 Å². The van der Waals surface area contributed by atoms with Crippen LogP contribution >= 0.6 is 0 Å². The first-order chi connectivity index (χ1) is 6.18. The van der Waals surface area contributed by atoms with Crippen molar-refractivity contribution in [1.82, 2.24) is 0 Å². The minimum absolute atomic E-state index is 0.212. The molecule has 1 unspecified atom stereocenters. The van der Waals surface area contributed by atoms with E-state index in [1.165, 1.54) is 12.8 Å². The van der Waals surface area contributed by atoms with Gasteiger partial charge in [-0.2, -0.15) is 0 Å². The van der Waals surface area contributed by atoms with Crippen LogP contribution in [0.5, 0.6) is 0 Å². The average molecular weight is 184 g/mol. The van der Waals surface area contributed by atoms with Gasteiger partial charge >= 0.3 is 5.97 Å². The summed E-state index contributed by atoms with van der Waals surface area (Å²) in [5.41, 5.74) is 0. The van der Waals surface area contributed by atoms with Gasteiger partial charge in [0.2, 0.25) is 0 Å². The molecule has 0 amide bonds. The highest BCUT2D eigenvalue weighted by molar-refractivity contribution is 5.69. The zero-order valence-corrected chi connectivity index (χ0v) is 8.62. The molecule has 0 radical (unpaired) electrons. The molecule has 0 spiro atoms. The molecule has 1 N–H and O–H groups in total. The first-order valence-corrected chi connectivity index (χ1v) is 5.06. The summed E-state index contributed by atoms with van der Waals surface area (Å²) in [5, 5.41) is 8.60. The molecule has 0 aliphatic heterocycles. The number of hydrogen-bond acceptors (Lipinski definition) is 1. The zero-order valence-electron chi connectivity index (χ0n) is 8.62. The number of unbranched alkanes of at least 4 members (excludes halogenated alkanes) is 2. The summed E-state index contributed by atoms with van der Waals surface area (Å²) in [6.07, 6.45) is 9.45. The Morgan fingerprint density at radius 2 is 2.00 bits per heavy atom. The Hall–Kier alpha value is -0.790. The summed E-state index contributed by atoms with van der Waals surface area (Å²) in [6.45, 7) is 3.92. The van der Waals surface area contributed by atoms with Crippen LogP contribution in [-0.2, 0) is 4.79 Å². The van der Waals surface area contributed by atoms with E-state index in [0.717, 1.165) is 19.3 Å². The smallest absolute Gasteiger partial charge is 0.306 e. The predicted octanol–water partition coefficient (Wildman–Crippen LogP) is 3.23. The van der Waals surface area contributed by atoms with E-state index in [0.29, 0.717) is 0 Å². The van der Waals surface area contributed by atoms with Crippen molar-refractivity contribution in [3.8, 4) is 0 Å². The Morgan fingerprint density at radius 3 is 2.54 bits per heavy atom. The number of rotatable bonds is 7. The first kappa shape index (κ1) is 12.2. The van der Waals surface area contributed by atoms with E-state index in [4.69, 9.17) is 5.11 Å². The minimum atomic E-state index is -0.693. The number of carboxylic acids is 1. The molecule has 0 heterocycles. The van der Waals surface area contributed by atoms with Crippen molar-refractivity contribution in [1.29, 1.82) is 0 Å². The van der Waals surface area contributed by atoms with Gasteiger partial charge in [-0.15, -0.1) is 0 Å². The molecule has 13 heavy (non-hydrogen) atoms. The number of carbonyl (C=O) groups is 1. The summed E-state index contributed by atoms with van der Waals surface area (Å²) in [4.78, 5) is 10.4. The van der Waals surface area contributed by atoms with Crippen LogP contribution in [0.15, 0.2) is 12.2 Å². The second-order valence-corrected chi connectivity index (χ2v) is 3.43. The quantitative estimate of drug-likeness (QED) is 0.487. The lowest BCUT2D eigenvalue weighted by Crippen LogP contribution is -2.08. The predicted molar refractivity (Wildman–Crippen MR) is 54.7 cm³/mol. The summed E-state index contributed by atoms with van der Waals surface area (Å²) in [7, 11) is 0. The van der Waals surface area contributed by atoms with E-state index in [1.807, 2.05) is 0 Å². The molecule has 1 atom stereocenters. The molecule has 2 heteroatoms. The molecule has 2 nitrogen and oxygen atoms in total. The topological polar surface area (TPSA) is 37.3 Å². The van der Waals surface area contributed by atoms with Crippen molar-refractivity contribution >= 4 is 5.97 Å². The maximum absolute atomic E-state index is 10.4. The number of aliphatic carboxylic acids is 1. The molecular weight excluding hydrogens is 164 g/mol. The highest BCUT2D eigenvalue weighted by atomic mass is 16.4. The highest BCUT2D eigenvalue weighted by Crippen LogP contribution is 2.06. The van der Waals surface area contributed by atoms with Crippen molar-refractivity contribution in [2.24, 2.45) is 5.92 Å². The molecule has 0 aliphatic carbocycles. The Morgan fingerprint density at radius 1 is 1.38 bits per heavy atom. The third kappa shape index (κ3) is 7.57. The van der Waals surface area contributed by atoms with Gasteiger partial charge in [-0.1, -0.05) is 38.8 Å². The number of carboxylic acid groups (broad SMARTS) is 1. The Labute approximate surface area is 80.7 Å². The number of allylic oxidation sites excluding steroid dienone is 2. The molecule has 0 aromatic heterocycles. The van der Waals surface area contributed by atoms with Crippen molar-refractivity contribution in [3.05, 3.63) is 12.2 Å². The number of hydrogen-bond donors (Lipinski definition) is 1. The standard InChI is InChI=1S/C11H20O2/c1-3-4-5-6-7-8-9-10(2)11(12)13/h6-7,10H,3-5,8-9H2,1-2H3,(H,12,13)/b7-6-. The van der Waals surface area contributed by atoms with Gasteiger partial charge in [0.25, 0.3) is 0 Å². The van der Waals surface area contributed by atoms with Gasteiger partial charge in [-0.3, -0.25) is 4.79 Å². The minimum Gasteiger partial charge on any atom is -0.481 e. The van der Waals surface area contributed by atoms with Gasteiger partial charge in [0.15, 0.2) is 0 Å². The molecule has 0 bridgehead atoms. The largest absolute Gasteiger partial charge is 0.481 e. The normalized spacial score (nSPS) is 13.4. The van der Waals surface area contributed by atoms with Crippen LogP contribution in [0.3, 0.4) is 0 Å². The van der Waals surface area contributed by atoms with Crippen molar-refractivity contribution in [3.63, 3.8) is 0 Å². The van der Waals surface area contributed by atoms with E-state index in [1.54, 1.807) is 6.92 Å². The monoisotopic (exact) mass is 184 g/mol. The van der Waals surface area contributed by atoms with Gasteiger partial charge in [0.1, 0.15) is 0 Å². The molecule has 0 saturated heterocycles. The van der Waals surface area contributed by atoms with Gasteiger partial charge < -0.3 is 5.11 Å². The second kappa shape index (κ2) is 7.84. The summed E-state index contributed by atoms with van der Waals surface area (Å²) < 4.78 is 0. The van der Waals surface area contributed by atoms with Crippen LogP contribution in [-0.4, -0.2) is 11.1 Å². The van der Waals surface area contributed by atoms with Crippen LogP contribution in [0.25, 0.3) is 0 Å². The van der Waals surface area contributed by atoms with Gasteiger partial charge in [0, 0.05) is 0 Å². The Kier molecular flexibility index (Phi) is 7.36. The Bertz CT molecular complexity index is 161. The van der Waals surface area contributed by atoms with Crippen LogP contribution < -0.4 is 0 Å². The van der Waals surface area contributed by atoms with Gasteiger partial charge in [-0.05, 0) is 19.3 Å². The maximum Gasteiger partial charge on any atom is 0.306 e. The first-order valence-electron chi connectivity index (χ1n) is 5.06.